The van der Waals surface area contributed by atoms with Gasteiger partial charge in [-0.05, 0) is 43.2 Å². The summed E-state index contributed by atoms with van der Waals surface area (Å²) in [6.45, 7) is 3.64. The smallest absolute Gasteiger partial charge is 0.227 e. The second kappa shape index (κ2) is 6.42. The summed E-state index contributed by atoms with van der Waals surface area (Å²) >= 11 is 0. The molecule has 0 spiro atoms. The van der Waals surface area contributed by atoms with Crippen LogP contribution in [0.2, 0.25) is 0 Å². The second-order valence-corrected chi connectivity index (χ2v) is 6.19. The summed E-state index contributed by atoms with van der Waals surface area (Å²) in [4.78, 5) is 16.8. The van der Waals surface area contributed by atoms with Crippen LogP contribution in [0, 0.1) is 6.92 Å². The second-order valence-electron chi connectivity index (χ2n) is 6.19. The third kappa shape index (κ3) is 3.29. The number of aromatic nitrogens is 1. The van der Waals surface area contributed by atoms with Crippen LogP contribution in [-0.2, 0) is 10.4 Å². The first kappa shape index (κ1) is 16.1. The van der Waals surface area contributed by atoms with Crippen LogP contribution in [0.1, 0.15) is 24.5 Å². The van der Waals surface area contributed by atoms with E-state index in [2.05, 4.69) is 10.3 Å². The van der Waals surface area contributed by atoms with E-state index in [1.165, 1.54) is 0 Å². The van der Waals surface area contributed by atoms with E-state index in [0.29, 0.717) is 5.69 Å². The van der Waals surface area contributed by atoms with Crippen molar-refractivity contribution in [3.63, 3.8) is 0 Å². The Balaban J connectivity index is 1.82. The van der Waals surface area contributed by atoms with Crippen LogP contribution in [0.25, 0.3) is 10.9 Å². The number of aryl methyl sites for hydroxylation is 1. The molecule has 1 aromatic heterocycles. The molecule has 1 heterocycles. The van der Waals surface area contributed by atoms with Crippen LogP contribution >= 0.6 is 0 Å². The van der Waals surface area contributed by atoms with E-state index >= 15 is 0 Å². The highest BCUT2D eigenvalue weighted by atomic mass is 16.3. The number of nitrogens with one attached hydrogen (secondary N) is 1. The predicted molar refractivity (Wildman–Crippen MR) is 95.7 cm³/mol. The number of pyridine rings is 1. The Morgan fingerprint density at radius 1 is 1.12 bits per heavy atom. The van der Waals surface area contributed by atoms with Crippen molar-refractivity contribution in [3.05, 3.63) is 71.9 Å². The highest BCUT2D eigenvalue weighted by molar-refractivity contribution is 6.02. The zero-order valence-electron chi connectivity index (χ0n) is 13.8. The fourth-order valence-electron chi connectivity index (χ4n) is 2.83. The third-order valence-electron chi connectivity index (χ3n) is 4.15. The van der Waals surface area contributed by atoms with Gasteiger partial charge in [-0.3, -0.25) is 9.78 Å². The molecule has 0 aliphatic carbocycles. The molecule has 0 aliphatic heterocycles. The third-order valence-corrected chi connectivity index (χ3v) is 4.15. The van der Waals surface area contributed by atoms with Gasteiger partial charge in [-0.25, -0.2) is 0 Å². The van der Waals surface area contributed by atoms with E-state index in [9.17, 15) is 9.90 Å². The molecule has 24 heavy (non-hydrogen) atoms. The molecule has 4 nitrogen and oxygen atoms in total. The number of hydrogen-bond acceptors (Lipinski definition) is 3. The van der Waals surface area contributed by atoms with Crippen LogP contribution in [0.15, 0.2) is 60.8 Å². The van der Waals surface area contributed by atoms with Crippen molar-refractivity contribution in [1.82, 2.24) is 4.98 Å². The Morgan fingerprint density at radius 2 is 1.88 bits per heavy atom. The van der Waals surface area contributed by atoms with Gasteiger partial charge < -0.3 is 10.4 Å². The summed E-state index contributed by atoms with van der Waals surface area (Å²) in [6, 6.07) is 16.8. The monoisotopic (exact) mass is 320 g/mol. The van der Waals surface area contributed by atoms with E-state index < -0.39 is 5.60 Å². The number of rotatable bonds is 4. The van der Waals surface area contributed by atoms with Crippen molar-refractivity contribution in [3.8, 4) is 0 Å². The number of amides is 1. The van der Waals surface area contributed by atoms with Crippen molar-refractivity contribution in [2.45, 2.75) is 25.9 Å². The van der Waals surface area contributed by atoms with Crippen LogP contribution < -0.4 is 5.32 Å². The first-order valence-electron chi connectivity index (χ1n) is 7.89. The van der Waals surface area contributed by atoms with Gasteiger partial charge in [0.15, 0.2) is 0 Å². The molecule has 0 radical (unpaired) electrons. The Kier molecular flexibility index (Phi) is 4.32. The predicted octanol–water partition coefficient (Wildman–Crippen LogP) is 3.78. The summed E-state index contributed by atoms with van der Waals surface area (Å²) in [5, 5.41) is 14.4. The number of carbonyl (C=O) groups excluding carboxylic acids is 1. The SMILES string of the molecule is Cc1ccc(NC(=O)CC(C)(O)c2ccccc2)c2cccnc12. The lowest BCUT2D eigenvalue weighted by Gasteiger charge is -2.23. The van der Waals surface area contributed by atoms with Gasteiger partial charge in [0.2, 0.25) is 5.91 Å². The number of benzene rings is 2. The first-order valence-corrected chi connectivity index (χ1v) is 7.89. The average Bonchev–Trinajstić information content (AvgIpc) is 2.58. The molecule has 3 aromatic rings. The first-order chi connectivity index (χ1) is 11.5. The lowest BCUT2D eigenvalue weighted by Crippen LogP contribution is -2.28. The van der Waals surface area contributed by atoms with Crippen LogP contribution in [0.3, 0.4) is 0 Å². The Bertz CT molecular complexity index is 873. The zero-order valence-corrected chi connectivity index (χ0v) is 13.8. The molecular formula is C20H20N2O2. The van der Waals surface area contributed by atoms with Gasteiger partial charge in [-0.15, -0.1) is 0 Å². The highest BCUT2D eigenvalue weighted by Gasteiger charge is 2.26. The van der Waals surface area contributed by atoms with Gasteiger partial charge in [0.25, 0.3) is 0 Å². The lowest BCUT2D eigenvalue weighted by molar-refractivity contribution is -0.120. The van der Waals surface area contributed by atoms with Gasteiger partial charge in [-0.1, -0.05) is 36.4 Å². The molecule has 2 N–H and O–H groups in total. The molecule has 1 unspecified atom stereocenters. The van der Waals surface area contributed by atoms with Crippen molar-refractivity contribution < 1.29 is 9.90 Å². The van der Waals surface area contributed by atoms with Crippen LogP contribution in [-0.4, -0.2) is 16.0 Å². The van der Waals surface area contributed by atoms with E-state index in [4.69, 9.17) is 0 Å². The largest absolute Gasteiger partial charge is 0.385 e. The molecule has 1 amide bonds. The zero-order chi connectivity index (χ0) is 17.2. The summed E-state index contributed by atoms with van der Waals surface area (Å²) < 4.78 is 0. The van der Waals surface area contributed by atoms with Crippen LogP contribution in [0.5, 0.6) is 0 Å². The average molecular weight is 320 g/mol. The van der Waals surface area contributed by atoms with E-state index in [-0.39, 0.29) is 12.3 Å². The van der Waals surface area contributed by atoms with Crippen molar-refractivity contribution in [2.75, 3.05) is 5.32 Å². The fraction of sp³-hybridized carbons (Fsp3) is 0.200. The summed E-state index contributed by atoms with van der Waals surface area (Å²) in [5.41, 5.74) is 2.13. The number of anilines is 1. The minimum Gasteiger partial charge on any atom is -0.385 e. The number of fused-ring (bicyclic) bond motifs is 1. The number of hydrogen-bond donors (Lipinski definition) is 2. The van der Waals surface area contributed by atoms with E-state index in [0.717, 1.165) is 22.0 Å². The number of carbonyl (C=O) groups is 1. The lowest BCUT2D eigenvalue weighted by atomic mass is 9.92. The number of aliphatic hydroxyl groups is 1. The molecule has 0 saturated carbocycles. The van der Waals surface area contributed by atoms with Gasteiger partial charge in [-0.2, -0.15) is 0 Å². The Labute approximate surface area is 141 Å². The summed E-state index contributed by atoms with van der Waals surface area (Å²) in [6.07, 6.45) is 1.72. The Morgan fingerprint density at radius 3 is 2.62 bits per heavy atom. The summed E-state index contributed by atoms with van der Waals surface area (Å²) in [7, 11) is 0. The molecular weight excluding hydrogens is 300 g/mol. The molecule has 0 fully saturated rings. The maximum atomic E-state index is 12.4. The molecule has 0 bridgehead atoms. The van der Waals surface area contributed by atoms with E-state index in [1.54, 1.807) is 13.1 Å². The normalized spacial score (nSPS) is 13.5. The van der Waals surface area contributed by atoms with E-state index in [1.807, 2.05) is 61.5 Å². The fourth-order valence-corrected chi connectivity index (χ4v) is 2.83. The number of nitrogens with zero attached hydrogens (tertiary/aromatic N) is 1. The molecule has 2 aromatic carbocycles. The molecule has 0 saturated heterocycles. The maximum Gasteiger partial charge on any atom is 0.227 e. The minimum atomic E-state index is -1.22. The quantitative estimate of drug-likeness (QED) is 0.769. The van der Waals surface area contributed by atoms with Gasteiger partial charge in [0.1, 0.15) is 0 Å². The highest BCUT2D eigenvalue weighted by Crippen LogP contribution is 2.27. The van der Waals surface area contributed by atoms with Crippen LogP contribution in [0.4, 0.5) is 5.69 Å². The standard InChI is InChI=1S/C20H20N2O2/c1-14-10-11-17(16-9-6-12-21-19(14)16)22-18(23)13-20(2,24)15-7-4-3-5-8-15/h3-12,24H,13H2,1-2H3,(H,22,23). The Hall–Kier alpha value is -2.72. The minimum absolute atomic E-state index is 0.0212. The van der Waals surface area contributed by atoms with Gasteiger partial charge in [0, 0.05) is 11.6 Å². The van der Waals surface area contributed by atoms with Gasteiger partial charge in [0.05, 0.1) is 23.2 Å². The van der Waals surface area contributed by atoms with Crippen molar-refractivity contribution >= 4 is 22.5 Å². The van der Waals surface area contributed by atoms with Crippen molar-refractivity contribution in [1.29, 1.82) is 0 Å². The topological polar surface area (TPSA) is 62.2 Å². The van der Waals surface area contributed by atoms with Crippen molar-refractivity contribution in [2.24, 2.45) is 0 Å². The molecule has 1 atom stereocenters. The molecule has 0 aliphatic rings. The molecule has 4 heteroatoms. The maximum absolute atomic E-state index is 12.4. The molecule has 3 rings (SSSR count). The summed E-state index contributed by atoms with van der Waals surface area (Å²) in [5.74, 6) is -0.238. The molecule has 122 valence electrons. The van der Waals surface area contributed by atoms with Gasteiger partial charge >= 0.3 is 0 Å².